The minimum Gasteiger partial charge on any atom is -0.475 e. The summed E-state index contributed by atoms with van der Waals surface area (Å²) in [5, 5.41) is 9.00. The molecule has 0 aliphatic heterocycles. The first kappa shape index (κ1) is 11.4. The fourth-order valence-corrected chi connectivity index (χ4v) is 1.56. The van der Waals surface area contributed by atoms with E-state index in [-0.39, 0.29) is 11.7 Å². The summed E-state index contributed by atoms with van der Waals surface area (Å²) in [6.07, 6.45) is 4.74. The molecule has 1 N–H and O–H groups in total. The van der Waals surface area contributed by atoms with Gasteiger partial charge in [0.1, 0.15) is 5.69 Å². The van der Waals surface area contributed by atoms with Gasteiger partial charge in [-0.05, 0) is 6.42 Å². The van der Waals surface area contributed by atoms with Crippen LogP contribution in [0.3, 0.4) is 0 Å². The van der Waals surface area contributed by atoms with Gasteiger partial charge in [-0.2, -0.15) is 0 Å². The van der Waals surface area contributed by atoms with Crippen LogP contribution in [0.15, 0.2) is 16.9 Å². The Hall–Kier alpha value is -2.11. The standard InChI is InChI=1S/C11H13N3O3/c1-3-4-7-9(11(15)16)17-10(13-7)8-5-14(2)6-12-8/h5-6H,3-4H2,1-2H3,(H,15,16). The Labute approximate surface area is 97.9 Å². The Bertz CT molecular complexity index is 542. The van der Waals surface area contributed by atoms with Crippen molar-refractivity contribution >= 4 is 5.97 Å². The van der Waals surface area contributed by atoms with Crippen LogP contribution in [0.1, 0.15) is 29.6 Å². The molecule has 0 aliphatic carbocycles. The maximum absolute atomic E-state index is 11.0. The Kier molecular flexibility index (Phi) is 2.95. The zero-order valence-corrected chi connectivity index (χ0v) is 9.67. The van der Waals surface area contributed by atoms with Crippen molar-refractivity contribution in [1.29, 1.82) is 0 Å². The maximum Gasteiger partial charge on any atom is 0.373 e. The van der Waals surface area contributed by atoms with Crippen molar-refractivity contribution in [1.82, 2.24) is 14.5 Å². The lowest BCUT2D eigenvalue weighted by molar-refractivity contribution is 0.0661. The van der Waals surface area contributed by atoms with Crippen LogP contribution in [0.4, 0.5) is 0 Å². The van der Waals surface area contributed by atoms with Gasteiger partial charge < -0.3 is 14.1 Å². The van der Waals surface area contributed by atoms with Crippen LogP contribution in [0.25, 0.3) is 11.6 Å². The van der Waals surface area contributed by atoms with Crippen molar-refractivity contribution in [3.8, 4) is 11.6 Å². The third-order valence-electron chi connectivity index (χ3n) is 2.30. The van der Waals surface area contributed by atoms with E-state index in [1.54, 1.807) is 17.1 Å². The van der Waals surface area contributed by atoms with Crippen LogP contribution in [-0.4, -0.2) is 25.6 Å². The molecule has 0 saturated heterocycles. The van der Waals surface area contributed by atoms with Gasteiger partial charge in [0.25, 0.3) is 0 Å². The number of hydrogen-bond acceptors (Lipinski definition) is 4. The molecule has 0 spiro atoms. The number of carbonyl (C=O) groups is 1. The molecule has 0 unspecified atom stereocenters. The lowest BCUT2D eigenvalue weighted by Crippen LogP contribution is -1.99. The van der Waals surface area contributed by atoms with Gasteiger partial charge >= 0.3 is 5.97 Å². The number of carboxylic acids is 1. The van der Waals surface area contributed by atoms with Gasteiger partial charge in [0.15, 0.2) is 0 Å². The molecule has 6 nitrogen and oxygen atoms in total. The summed E-state index contributed by atoms with van der Waals surface area (Å²) in [6.45, 7) is 1.96. The summed E-state index contributed by atoms with van der Waals surface area (Å²) in [5.74, 6) is -0.929. The van der Waals surface area contributed by atoms with E-state index in [0.29, 0.717) is 17.8 Å². The van der Waals surface area contributed by atoms with Crippen molar-refractivity contribution in [2.24, 2.45) is 7.05 Å². The molecular weight excluding hydrogens is 222 g/mol. The minimum atomic E-state index is -1.09. The molecule has 0 fully saturated rings. The van der Waals surface area contributed by atoms with Crippen molar-refractivity contribution in [2.75, 3.05) is 0 Å². The Morgan fingerprint density at radius 2 is 2.35 bits per heavy atom. The average molecular weight is 235 g/mol. The van der Waals surface area contributed by atoms with Crippen molar-refractivity contribution in [3.63, 3.8) is 0 Å². The Balaban J connectivity index is 2.43. The molecule has 0 aromatic carbocycles. The predicted molar refractivity (Wildman–Crippen MR) is 59.7 cm³/mol. The van der Waals surface area contributed by atoms with Gasteiger partial charge in [-0.15, -0.1) is 0 Å². The number of hydrogen-bond donors (Lipinski definition) is 1. The fraction of sp³-hybridized carbons (Fsp3) is 0.364. The predicted octanol–water partition coefficient (Wildman–Crippen LogP) is 1.73. The van der Waals surface area contributed by atoms with E-state index < -0.39 is 5.97 Å². The number of aryl methyl sites for hydroxylation is 2. The highest BCUT2D eigenvalue weighted by atomic mass is 16.4. The highest BCUT2D eigenvalue weighted by Crippen LogP contribution is 2.21. The SMILES string of the molecule is CCCc1nc(-c2cn(C)cn2)oc1C(=O)O. The molecule has 17 heavy (non-hydrogen) atoms. The van der Waals surface area contributed by atoms with Crippen molar-refractivity contribution < 1.29 is 14.3 Å². The fourth-order valence-electron chi connectivity index (χ4n) is 1.56. The molecule has 0 aliphatic rings. The highest BCUT2D eigenvalue weighted by molar-refractivity contribution is 5.86. The summed E-state index contributed by atoms with van der Waals surface area (Å²) in [6, 6.07) is 0. The molecule has 90 valence electrons. The molecule has 0 saturated carbocycles. The van der Waals surface area contributed by atoms with Crippen LogP contribution >= 0.6 is 0 Å². The second kappa shape index (κ2) is 4.40. The Morgan fingerprint density at radius 3 is 2.88 bits per heavy atom. The maximum atomic E-state index is 11.0. The van der Waals surface area contributed by atoms with Crippen molar-refractivity contribution in [2.45, 2.75) is 19.8 Å². The van der Waals surface area contributed by atoms with Gasteiger partial charge in [-0.3, -0.25) is 0 Å². The summed E-state index contributed by atoms with van der Waals surface area (Å²) < 4.78 is 6.99. The molecular formula is C11H13N3O3. The first-order valence-electron chi connectivity index (χ1n) is 5.33. The molecule has 0 radical (unpaired) electrons. The summed E-state index contributed by atoms with van der Waals surface area (Å²) >= 11 is 0. The van der Waals surface area contributed by atoms with E-state index in [0.717, 1.165) is 6.42 Å². The highest BCUT2D eigenvalue weighted by Gasteiger charge is 2.20. The number of rotatable bonds is 4. The second-order valence-corrected chi connectivity index (χ2v) is 3.77. The third-order valence-corrected chi connectivity index (χ3v) is 2.30. The summed E-state index contributed by atoms with van der Waals surface area (Å²) in [4.78, 5) is 19.2. The number of nitrogens with zero attached hydrogens (tertiary/aromatic N) is 3. The largest absolute Gasteiger partial charge is 0.475 e. The van der Waals surface area contributed by atoms with Gasteiger partial charge in [-0.1, -0.05) is 13.3 Å². The Morgan fingerprint density at radius 1 is 1.59 bits per heavy atom. The molecule has 2 heterocycles. The number of oxazole rings is 1. The lowest BCUT2D eigenvalue weighted by atomic mass is 10.2. The number of imidazole rings is 1. The molecule has 6 heteroatoms. The van der Waals surface area contributed by atoms with Gasteiger partial charge in [0, 0.05) is 13.2 Å². The molecule has 0 atom stereocenters. The normalized spacial score (nSPS) is 10.7. The van der Waals surface area contributed by atoms with Crippen LogP contribution < -0.4 is 0 Å². The third kappa shape index (κ3) is 2.20. The van der Waals surface area contributed by atoms with Gasteiger partial charge in [0.2, 0.25) is 11.7 Å². The number of carboxylic acid groups (broad SMARTS) is 1. The summed E-state index contributed by atoms with van der Waals surface area (Å²) in [7, 11) is 1.82. The quantitative estimate of drug-likeness (QED) is 0.872. The van der Waals surface area contributed by atoms with Crippen LogP contribution in [0.5, 0.6) is 0 Å². The number of aromatic nitrogens is 3. The van der Waals surface area contributed by atoms with E-state index in [1.807, 2.05) is 14.0 Å². The average Bonchev–Trinajstić information content (AvgIpc) is 2.85. The molecule has 2 rings (SSSR count). The molecule has 2 aromatic heterocycles. The van der Waals surface area contributed by atoms with Crippen molar-refractivity contribution in [3.05, 3.63) is 24.0 Å². The van der Waals surface area contributed by atoms with E-state index in [4.69, 9.17) is 9.52 Å². The topological polar surface area (TPSA) is 81.2 Å². The smallest absolute Gasteiger partial charge is 0.373 e. The minimum absolute atomic E-state index is 0.0903. The van der Waals surface area contributed by atoms with E-state index >= 15 is 0 Å². The lowest BCUT2D eigenvalue weighted by Gasteiger charge is -1.91. The van der Waals surface area contributed by atoms with Gasteiger partial charge in [0.05, 0.1) is 12.0 Å². The zero-order valence-electron chi connectivity index (χ0n) is 9.67. The molecule has 0 amide bonds. The second-order valence-electron chi connectivity index (χ2n) is 3.77. The van der Waals surface area contributed by atoms with Gasteiger partial charge in [-0.25, -0.2) is 14.8 Å². The monoisotopic (exact) mass is 235 g/mol. The zero-order chi connectivity index (χ0) is 12.4. The van der Waals surface area contributed by atoms with Crippen LogP contribution in [0, 0.1) is 0 Å². The first-order valence-corrected chi connectivity index (χ1v) is 5.33. The van der Waals surface area contributed by atoms with E-state index in [9.17, 15) is 4.79 Å². The number of aromatic carboxylic acids is 1. The van der Waals surface area contributed by atoms with Crippen LogP contribution in [0.2, 0.25) is 0 Å². The van der Waals surface area contributed by atoms with E-state index in [1.165, 1.54) is 0 Å². The molecule has 2 aromatic rings. The van der Waals surface area contributed by atoms with E-state index in [2.05, 4.69) is 9.97 Å². The molecule has 0 bridgehead atoms. The van der Waals surface area contributed by atoms with Crippen LogP contribution in [-0.2, 0) is 13.5 Å². The summed E-state index contributed by atoms with van der Waals surface area (Å²) in [5.41, 5.74) is 1.01. The first-order chi connectivity index (χ1) is 8.11.